The molecule has 5 rings (SSSR count). The molecule has 4 aromatic rings. The first kappa shape index (κ1) is 20.7. The molecule has 1 atom stereocenters. The van der Waals surface area contributed by atoms with Crippen molar-refractivity contribution in [3.63, 3.8) is 0 Å². The van der Waals surface area contributed by atoms with E-state index in [1.165, 1.54) is 4.35 Å². The molecule has 1 aliphatic rings. The molecular formula is C23H20AsClN6O. The third kappa shape index (κ3) is 4.54. The number of para-hydroxylation sites is 1. The van der Waals surface area contributed by atoms with Crippen molar-refractivity contribution in [3.8, 4) is 5.69 Å². The van der Waals surface area contributed by atoms with E-state index in [0.717, 1.165) is 33.4 Å². The summed E-state index contributed by atoms with van der Waals surface area (Å²) in [6, 6.07) is 16.1. The average molecular weight is 507 g/mol. The molecule has 1 unspecified atom stereocenters. The fraction of sp³-hybridized carbons (Fsp3) is 0.130. The van der Waals surface area contributed by atoms with Crippen molar-refractivity contribution in [2.45, 2.75) is 12.8 Å². The van der Waals surface area contributed by atoms with Gasteiger partial charge in [0.25, 0.3) is 0 Å². The van der Waals surface area contributed by atoms with Crippen LogP contribution in [0.2, 0.25) is 5.02 Å². The third-order valence-corrected chi connectivity index (χ3v) is 8.54. The molecule has 0 aliphatic carbocycles. The molecule has 32 heavy (non-hydrogen) atoms. The molecule has 0 fully saturated rings. The average Bonchev–Trinajstić information content (AvgIpc) is 3.26. The molecule has 0 spiro atoms. The molecule has 2 aromatic heterocycles. The van der Waals surface area contributed by atoms with Crippen molar-refractivity contribution < 1.29 is 4.79 Å². The number of halogens is 1. The quantitative estimate of drug-likeness (QED) is 0.402. The van der Waals surface area contributed by atoms with E-state index in [0.29, 0.717) is 23.9 Å². The Morgan fingerprint density at radius 2 is 2.03 bits per heavy atom. The molecule has 1 amide bonds. The number of anilines is 2. The topological polar surface area (TPSA) is 84.7 Å². The van der Waals surface area contributed by atoms with Crippen molar-refractivity contribution in [2.75, 3.05) is 11.9 Å². The minimum absolute atomic E-state index is 0.0648. The van der Waals surface area contributed by atoms with Crippen LogP contribution in [0.5, 0.6) is 0 Å². The Hall–Kier alpha value is -3.15. The minimum atomic E-state index is -0.826. The van der Waals surface area contributed by atoms with Gasteiger partial charge in [-0.05, 0) is 0 Å². The molecule has 9 heteroatoms. The summed E-state index contributed by atoms with van der Waals surface area (Å²) >= 11 is 5.64. The summed E-state index contributed by atoms with van der Waals surface area (Å²) in [5.74, 6) is 0.572. The first-order chi connectivity index (χ1) is 15.7. The maximum atomic E-state index is 11.8. The molecule has 0 saturated heterocycles. The summed E-state index contributed by atoms with van der Waals surface area (Å²) in [4.78, 5) is 20.9. The second-order valence-electron chi connectivity index (χ2n) is 7.37. The normalized spacial score (nSPS) is 13.6. The molecule has 0 saturated carbocycles. The van der Waals surface area contributed by atoms with Gasteiger partial charge in [-0.2, -0.15) is 0 Å². The van der Waals surface area contributed by atoms with E-state index in [4.69, 9.17) is 16.6 Å². The molecule has 2 N–H and O–H groups in total. The van der Waals surface area contributed by atoms with Gasteiger partial charge in [0.15, 0.2) is 0 Å². The SMILES string of the molecule is O=C1Cc2ccc(Nc3ncc(Cl)c([AsH]c4ccccc4-n4cccn4)n3)cc2CCN1. The number of nitrogens with zero attached hydrogens (tertiary/aromatic N) is 4. The zero-order chi connectivity index (χ0) is 21.9. The first-order valence-electron chi connectivity index (χ1n) is 10.2. The molecule has 0 radical (unpaired) electrons. The number of hydrogen-bond donors (Lipinski definition) is 2. The van der Waals surface area contributed by atoms with Gasteiger partial charge in [0.05, 0.1) is 0 Å². The van der Waals surface area contributed by atoms with Crippen LogP contribution in [0.15, 0.2) is 67.1 Å². The molecule has 0 bridgehead atoms. The van der Waals surface area contributed by atoms with Crippen LogP contribution in [0, 0.1) is 0 Å². The zero-order valence-corrected chi connectivity index (χ0v) is 19.9. The fourth-order valence-corrected chi connectivity index (χ4v) is 6.30. The number of fused-ring (bicyclic) bond motifs is 1. The van der Waals surface area contributed by atoms with Gasteiger partial charge in [0.1, 0.15) is 0 Å². The van der Waals surface area contributed by atoms with Crippen LogP contribution in [-0.4, -0.2) is 48.0 Å². The molecule has 1 aliphatic heterocycles. The number of nitrogens with one attached hydrogen (secondary N) is 2. The van der Waals surface area contributed by atoms with E-state index < -0.39 is 15.8 Å². The van der Waals surface area contributed by atoms with E-state index in [1.54, 1.807) is 12.4 Å². The van der Waals surface area contributed by atoms with Crippen molar-refractivity contribution in [1.29, 1.82) is 0 Å². The summed E-state index contributed by atoms with van der Waals surface area (Å²) in [6.07, 6.45) is 6.57. The molecule has 160 valence electrons. The van der Waals surface area contributed by atoms with Crippen molar-refractivity contribution in [3.05, 3.63) is 83.3 Å². The van der Waals surface area contributed by atoms with E-state index >= 15 is 0 Å². The second-order valence-corrected chi connectivity index (χ2v) is 10.4. The van der Waals surface area contributed by atoms with Gasteiger partial charge >= 0.3 is 197 Å². The van der Waals surface area contributed by atoms with E-state index in [9.17, 15) is 4.79 Å². The van der Waals surface area contributed by atoms with Gasteiger partial charge in [-0.25, -0.2) is 0 Å². The van der Waals surface area contributed by atoms with Gasteiger partial charge in [-0.15, -0.1) is 0 Å². The van der Waals surface area contributed by atoms with Crippen LogP contribution in [0.1, 0.15) is 11.1 Å². The van der Waals surface area contributed by atoms with Crippen LogP contribution in [0.25, 0.3) is 5.69 Å². The Kier molecular flexibility index (Phi) is 5.93. The number of hydrogen-bond acceptors (Lipinski definition) is 5. The summed E-state index contributed by atoms with van der Waals surface area (Å²) in [7, 11) is 0. The Morgan fingerprint density at radius 1 is 1.12 bits per heavy atom. The third-order valence-electron chi connectivity index (χ3n) is 5.18. The van der Waals surface area contributed by atoms with Gasteiger partial charge in [-0.1, -0.05) is 0 Å². The van der Waals surface area contributed by atoms with E-state index in [-0.39, 0.29) is 5.91 Å². The summed E-state index contributed by atoms with van der Waals surface area (Å²) in [5, 5.41) is 11.1. The second kappa shape index (κ2) is 9.15. The van der Waals surface area contributed by atoms with Gasteiger partial charge in [-0.3, -0.25) is 0 Å². The summed E-state index contributed by atoms with van der Waals surface area (Å²) in [5.41, 5.74) is 4.15. The zero-order valence-electron chi connectivity index (χ0n) is 17.0. The summed E-state index contributed by atoms with van der Waals surface area (Å²) < 4.78 is 3.90. The molecule has 3 heterocycles. The van der Waals surface area contributed by atoms with E-state index in [2.05, 4.69) is 38.9 Å². The predicted molar refractivity (Wildman–Crippen MR) is 127 cm³/mol. The number of aromatic nitrogens is 4. The van der Waals surface area contributed by atoms with E-state index in [1.807, 2.05) is 41.2 Å². The van der Waals surface area contributed by atoms with Gasteiger partial charge < -0.3 is 0 Å². The maximum absolute atomic E-state index is 11.8. The van der Waals surface area contributed by atoms with Crippen molar-refractivity contribution in [2.24, 2.45) is 0 Å². The van der Waals surface area contributed by atoms with Crippen LogP contribution >= 0.6 is 11.6 Å². The van der Waals surface area contributed by atoms with Crippen LogP contribution in [-0.2, 0) is 17.6 Å². The van der Waals surface area contributed by atoms with Crippen molar-refractivity contribution in [1.82, 2.24) is 25.1 Å². The molecule has 2 aromatic carbocycles. The number of carbonyl (C=O) groups excluding carboxylic acids is 1. The fourth-order valence-electron chi connectivity index (χ4n) is 3.64. The Labute approximate surface area is 196 Å². The van der Waals surface area contributed by atoms with Crippen molar-refractivity contribution >= 4 is 53.7 Å². The summed E-state index contributed by atoms with van der Waals surface area (Å²) in [6.45, 7) is 0.650. The number of rotatable bonds is 5. The predicted octanol–water partition coefficient (Wildman–Crippen LogP) is 1.66. The van der Waals surface area contributed by atoms with Gasteiger partial charge in [0.2, 0.25) is 0 Å². The number of benzene rings is 2. The Bertz CT molecular complexity index is 1280. The Morgan fingerprint density at radius 3 is 2.91 bits per heavy atom. The first-order valence-corrected chi connectivity index (χ1v) is 12.7. The molecular weight excluding hydrogens is 487 g/mol. The molecule has 7 nitrogen and oxygen atoms in total. The Balaban J connectivity index is 1.40. The van der Waals surface area contributed by atoms with Crippen LogP contribution in [0.3, 0.4) is 0 Å². The monoisotopic (exact) mass is 506 g/mol. The van der Waals surface area contributed by atoms with Crippen LogP contribution in [0.4, 0.5) is 11.6 Å². The number of carbonyl (C=O) groups is 1. The number of amides is 1. The standard InChI is InChI=1S/C23H20AsClN6O/c25-19-14-27-23(29-17-7-6-15-13-21(32)26-10-8-16(15)12-17)30-22(19)24-18-4-1-2-5-20(18)31-11-3-9-28-31/h1-7,9,11-12,14,24H,8,10,13H2,(H,26,32)(H,27,29,30). The van der Waals surface area contributed by atoms with Gasteiger partial charge in [0, 0.05) is 0 Å². The van der Waals surface area contributed by atoms with Crippen LogP contribution < -0.4 is 19.5 Å².